The van der Waals surface area contributed by atoms with Crippen molar-refractivity contribution >= 4 is 5.71 Å². The van der Waals surface area contributed by atoms with E-state index in [1.807, 2.05) is 32.9 Å². The van der Waals surface area contributed by atoms with Crippen molar-refractivity contribution in [3.63, 3.8) is 0 Å². The number of aliphatic imine (C=N–C) groups is 1. The second-order valence-electron chi connectivity index (χ2n) is 4.71. The van der Waals surface area contributed by atoms with Gasteiger partial charge in [-0.25, -0.2) is 4.39 Å². The van der Waals surface area contributed by atoms with E-state index in [1.165, 1.54) is 17.7 Å². The van der Waals surface area contributed by atoms with Crippen LogP contribution in [0, 0.1) is 12.7 Å². The molecule has 0 aliphatic carbocycles. The Morgan fingerprint density at radius 1 is 0.952 bits per heavy atom. The molecule has 2 aromatic rings. The van der Waals surface area contributed by atoms with E-state index in [1.54, 1.807) is 0 Å². The van der Waals surface area contributed by atoms with Crippen LogP contribution in [-0.4, -0.2) is 12.3 Å². The Morgan fingerprint density at radius 3 is 2.10 bits per heavy atom. The van der Waals surface area contributed by atoms with E-state index in [-0.39, 0.29) is 5.82 Å². The molecule has 0 bridgehead atoms. The minimum Gasteiger partial charge on any atom is -0.289 e. The SMILES string of the molecule is CC.CC(=NCCc1ccc(F)cc1)c1ccc(C)cc1. The van der Waals surface area contributed by atoms with Crippen molar-refractivity contribution in [1.29, 1.82) is 0 Å². The highest BCUT2D eigenvalue weighted by atomic mass is 19.1. The van der Waals surface area contributed by atoms with Gasteiger partial charge < -0.3 is 0 Å². The van der Waals surface area contributed by atoms with Crippen LogP contribution in [0.25, 0.3) is 0 Å². The van der Waals surface area contributed by atoms with Gasteiger partial charge in [0.25, 0.3) is 0 Å². The molecule has 1 nitrogen and oxygen atoms in total. The largest absolute Gasteiger partial charge is 0.289 e. The molecule has 0 amide bonds. The van der Waals surface area contributed by atoms with Gasteiger partial charge in [-0.05, 0) is 43.5 Å². The summed E-state index contributed by atoms with van der Waals surface area (Å²) in [5, 5.41) is 0. The third-order valence-electron chi connectivity index (χ3n) is 3.13. The lowest BCUT2D eigenvalue weighted by atomic mass is 10.1. The molecular weight excluding hydrogens is 261 g/mol. The Bertz CT molecular complexity index is 553. The topological polar surface area (TPSA) is 12.4 Å². The van der Waals surface area contributed by atoms with Crippen molar-refractivity contribution in [2.24, 2.45) is 4.99 Å². The Labute approximate surface area is 127 Å². The molecule has 0 saturated carbocycles. The molecule has 0 spiro atoms. The number of halogens is 1. The van der Waals surface area contributed by atoms with Crippen LogP contribution in [0.1, 0.15) is 37.5 Å². The molecule has 2 aromatic carbocycles. The van der Waals surface area contributed by atoms with Crippen LogP contribution in [-0.2, 0) is 6.42 Å². The normalized spacial score (nSPS) is 10.8. The summed E-state index contributed by atoms with van der Waals surface area (Å²) in [6.45, 7) is 8.82. The Hall–Kier alpha value is -1.96. The zero-order valence-corrected chi connectivity index (χ0v) is 13.4. The van der Waals surface area contributed by atoms with Gasteiger partial charge in [-0.15, -0.1) is 0 Å². The first kappa shape index (κ1) is 17.1. The van der Waals surface area contributed by atoms with Crippen molar-refractivity contribution in [3.05, 3.63) is 71.0 Å². The minimum absolute atomic E-state index is 0.192. The predicted octanol–water partition coefficient (Wildman–Crippen LogP) is 5.21. The number of hydrogen-bond donors (Lipinski definition) is 0. The first-order chi connectivity index (χ1) is 10.1. The zero-order chi connectivity index (χ0) is 15.7. The van der Waals surface area contributed by atoms with Crippen LogP contribution in [0.15, 0.2) is 53.5 Å². The Balaban J connectivity index is 0.00000106. The molecule has 2 rings (SSSR count). The maximum atomic E-state index is 12.8. The van der Waals surface area contributed by atoms with Crippen molar-refractivity contribution in [2.45, 2.75) is 34.1 Å². The molecule has 0 aliphatic rings. The van der Waals surface area contributed by atoms with Gasteiger partial charge in [-0.2, -0.15) is 0 Å². The molecular formula is C19H24FN. The number of benzene rings is 2. The van der Waals surface area contributed by atoms with Gasteiger partial charge in [0.2, 0.25) is 0 Å². The maximum absolute atomic E-state index is 12.8. The first-order valence-electron chi connectivity index (χ1n) is 7.48. The number of nitrogens with zero attached hydrogens (tertiary/aromatic N) is 1. The molecule has 0 heterocycles. The number of rotatable bonds is 4. The minimum atomic E-state index is -0.192. The van der Waals surface area contributed by atoms with Crippen LogP contribution < -0.4 is 0 Å². The molecule has 0 aliphatic heterocycles. The van der Waals surface area contributed by atoms with E-state index in [9.17, 15) is 4.39 Å². The van der Waals surface area contributed by atoms with Crippen LogP contribution >= 0.6 is 0 Å². The number of hydrogen-bond acceptors (Lipinski definition) is 1. The molecule has 0 unspecified atom stereocenters. The second-order valence-corrected chi connectivity index (χ2v) is 4.71. The third kappa shape index (κ3) is 5.90. The van der Waals surface area contributed by atoms with Crippen LogP contribution in [0.5, 0.6) is 0 Å². The smallest absolute Gasteiger partial charge is 0.123 e. The van der Waals surface area contributed by atoms with Crippen molar-refractivity contribution < 1.29 is 4.39 Å². The van der Waals surface area contributed by atoms with E-state index in [0.29, 0.717) is 0 Å². The second kappa shape index (κ2) is 9.06. The summed E-state index contributed by atoms with van der Waals surface area (Å²) in [6.07, 6.45) is 0.837. The summed E-state index contributed by atoms with van der Waals surface area (Å²) in [4.78, 5) is 4.56. The lowest BCUT2D eigenvalue weighted by molar-refractivity contribution is 0.627. The van der Waals surface area contributed by atoms with E-state index < -0.39 is 0 Å². The summed E-state index contributed by atoms with van der Waals surface area (Å²) >= 11 is 0. The fourth-order valence-electron chi connectivity index (χ4n) is 1.89. The molecule has 21 heavy (non-hydrogen) atoms. The highest BCUT2D eigenvalue weighted by Crippen LogP contribution is 2.06. The van der Waals surface area contributed by atoms with Gasteiger partial charge in [0.15, 0.2) is 0 Å². The van der Waals surface area contributed by atoms with Gasteiger partial charge in [0.05, 0.1) is 0 Å². The monoisotopic (exact) mass is 285 g/mol. The molecule has 2 heteroatoms. The summed E-state index contributed by atoms with van der Waals surface area (Å²) in [5.41, 5.74) is 4.57. The molecule has 0 saturated heterocycles. The standard InChI is InChI=1S/C17H18FN.C2H6/c1-13-3-7-16(8-4-13)14(2)19-12-11-15-5-9-17(18)10-6-15;1-2/h3-10H,11-12H2,1-2H3;1-2H3. The van der Waals surface area contributed by atoms with Crippen LogP contribution in [0.3, 0.4) is 0 Å². The van der Waals surface area contributed by atoms with Gasteiger partial charge in [0.1, 0.15) is 5.82 Å². The summed E-state index contributed by atoms with van der Waals surface area (Å²) in [6, 6.07) is 15.0. The highest BCUT2D eigenvalue weighted by molar-refractivity contribution is 5.98. The summed E-state index contributed by atoms with van der Waals surface area (Å²) in [5.74, 6) is -0.192. The number of aryl methyl sites for hydroxylation is 1. The van der Waals surface area contributed by atoms with Crippen LogP contribution in [0.2, 0.25) is 0 Å². The maximum Gasteiger partial charge on any atom is 0.123 e. The van der Waals surface area contributed by atoms with Gasteiger partial charge in [-0.1, -0.05) is 55.8 Å². The zero-order valence-electron chi connectivity index (χ0n) is 13.4. The van der Waals surface area contributed by atoms with Crippen LogP contribution in [0.4, 0.5) is 4.39 Å². The van der Waals surface area contributed by atoms with Gasteiger partial charge in [0, 0.05) is 12.3 Å². The fraction of sp³-hybridized carbons (Fsp3) is 0.316. The molecule has 0 atom stereocenters. The molecule has 0 radical (unpaired) electrons. The predicted molar refractivity (Wildman–Crippen MR) is 89.7 cm³/mol. The average molecular weight is 285 g/mol. The summed E-state index contributed by atoms with van der Waals surface area (Å²) in [7, 11) is 0. The first-order valence-corrected chi connectivity index (χ1v) is 7.48. The van der Waals surface area contributed by atoms with Gasteiger partial charge in [-0.3, -0.25) is 4.99 Å². The van der Waals surface area contributed by atoms with Crippen molar-refractivity contribution in [1.82, 2.24) is 0 Å². The quantitative estimate of drug-likeness (QED) is 0.684. The highest BCUT2D eigenvalue weighted by Gasteiger charge is 1.97. The van der Waals surface area contributed by atoms with E-state index in [0.717, 1.165) is 29.8 Å². The lowest BCUT2D eigenvalue weighted by Gasteiger charge is -2.03. The van der Waals surface area contributed by atoms with E-state index >= 15 is 0 Å². The van der Waals surface area contributed by atoms with E-state index in [4.69, 9.17) is 0 Å². The fourth-order valence-corrected chi connectivity index (χ4v) is 1.89. The molecule has 0 aromatic heterocycles. The van der Waals surface area contributed by atoms with Crippen molar-refractivity contribution in [2.75, 3.05) is 6.54 Å². The summed E-state index contributed by atoms with van der Waals surface area (Å²) < 4.78 is 12.8. The third-order valence-corrected chi connectivity index (χ3v) is 3.13. The Kier molecular flexibility index (Phi) is 7.38. The van der Waals surface area contributed by atoms with Gasteiger partial charge >= 0.3 is 0 Å². The van der Waals surface area contributed by atoms with E-state index in [2.05, 4.69) is 36.2 Å². The Morgan fingerprint density at radius 2 is 1.52 bits per heavy atom. The molecule has 112 valence electrons. The average Bonchev–Trinajstić information content (AvgIpc) is 2.52. The van der Waals surface area contributed by atoms with Crippen molar-refractivity contribution in [3.8, 4) is 0 Å². The lowest BCUT2D eigenvalue weighted by Crippen LogP contribution is -1.98. The molecule has 0 fully saturated rings. The molecule has 0 N–H and O–H groups in total.